The summed E-state index contributed by atoms with van der Waals surface area (Å²) in [5.74, 6) is -1.30. The summed E-state index contributed by atoms with van der Waals surface area (Å²) in [4.78, 5) is 39.9. The average molecular weight is 748 g/mol. The van der Waals surface area contributed by atoms with Gasteiger partial charge in [0.15, 0.2) is 0 Å². The monoisotopic (exact) mass is 745 g/mol. The number of ether oxygens (including phenoxy) is 1. The Morgan fingerprint density at radius 1 is 0.489 bits per heavy atom. The summed E-state index contributed by atoms with van der Waals surface area (Å²) in [7, 11) is 0. The summed E-state index contributed by atoms with van der Waals surface area (Å²) in [5, 5.41) is 10.1. The molecule has 0 saturated carbocycles. The summed E-state index contributed by atoms with van der Waals surface area (Å²) in [6.45, 7) is -0.0727. The Labute approximate surface area is 299 Å². The van der Waals surface area contributed by atoms with Crippen LogP contribution >= 0.6 is 69.6 Å². The van der Waals surface area contributed by atoms with Crippen LogP contribution in [0.5, 0.6) is 5.75 Å². The smallest absolute Gasteiger partial charge is 0.256 e. The van der Waals surface area contributed by atoms with Gasteiger partial charge in [0.25, 0.3) is 17.7 Å². The Morgan fingerprint density at radius 3 is 1.36 bits per heavy atom. The zero-order valence-electron chi connectivity index (χ0n) is 23.8. The molecule has 0 unspecified atom stereocenters. The predicted molar refractivity (Wildman–Crippen MR) is 190 cm³/mol. The Hall–Kier alpha value is -3.95. The minimum Gasteiger partial charge on any atom is -0.489 e. The first-order valence-electron chi connectivity index (χ1n) is 13.6. The molecule has 5 aromatic rings. The number of hydrogen-bond donors (Lipinski definition) is 3. The highest BCUT2D eigenvalue weighted by atomic mass is 35.5. The van der Waals surface area contributed by atoms with Crippen LogP contribution in [0.25, 0.3) is 0 Å². The molecule has 5 rings (SSSR count). The Balaban J connectivity index is 1.41. The van der Waals surface area contributed by atoms with Gasteiger partial charge in [0, 0.05) is 39.3 Å². The van der Waals surface area contributed by atoms with Crippen LogP contribution in [0, 0.1) is 0 Å². The fourth-order valence-corrected chi connectivity index (χ4v) is 5.19. The number of amides is 3. The number of nitrogens with one attached hydrogen (secondary N) is 3. The Kier molecular flexibility index (Phi) is 11.2. The van der Waals surface area contributed by atoms with Crippen molar-refractivity contribution in [3.05, 3.63) is 149 Å². The van der Waals surface area contributed by atoms with Crippen LogP contribution in [0.1, 0.15) is 36.6 Å². The van der Waals surface area contributed by atoms with Gasteiger partial charge in [0.1, 0.15) is 12.4 Å². The van der Waals surface area contributed by atoms with E-state index in [-0.39, 0.29) is 33.5 Å². The van der Waals surface area contributed by atoms with Crippen LogP contribution in [0.15, 0.2) is 97.1 Å². The number of hydrogen-bond acceptors (Lipinski definition) is 4. The molecule has 0 spiro atoms. The Morgan fingerprint density at radius 2 is 0.915 bits per heavy atom. The lowest BCUT2D eigenvalue weighted by molar-refractivity contribution is 0.101. The van der Waals surface area contributed by atoms with Gasteiger partial charge >= 0.3 is 0 Å². The number of benzene rings is 5. The van der Waals surface area contributed by atoms with Crippen molar-refractivity contribution in [1.82, 2.24) is 0 Å². The third-order valence-electron chi connectivity index (χ3n) is 6.62. The fourth-order valence-electron chi connectivity index (χ4n) is 4.30. The molecular formula is C34H21Cl6N3O4. The van der Waals surface area contributed by atoms with Gasteiger partial charge in [-0.3, -0.25) is 14.4 Å². The summed E-state index contributed by atoms with van der Waals surface area (Å²) in [6.07, 6.45) is 0. The standard InChI is InChI=1S/C34H21Cl6N3O4/c35-26-8-5-21(14-29(26)38)41-32(44)19-11-20(33(45)42-22-6-9-27(36)30(39)15-22)13-24(12-19)47-17-18-3-1-2-4-25(18)34(46)43-23-7-10-28(37)31(40)16-23/h1-16H,17H2,(H,41,44)(H,42,45)(H,43,46). The highest BCUT2D eigenvalue weighted by Gasteiger charge is 2.17. The molecule has 5 aromatic carbocycles. The molecule has 0 bridgehead atoms. The number of anilines is 3. The minimum absolute atomic E-state index is 0.0727. The van der Waals surface area contributed by atoms with E-state index in [4.69, 9.17) is 74.3 Å². The van der Waals surface area contributed by atoms with E-state index >= 15 is 0 Å². The Bertz CT molecular complexity index is 1940. The zero-order valence-corrected chi connectivity index (χ0v) is 28.4. The molecule has 238 valence electrons. The predicted octanol–water partition coefficient (Wildman–Crippen LogP) is 10.9. The quantitative estimate of drug-likeness (QED) is 0.140. The number of carbonyl (C=O) groups excluding carboxylic acids is 3. The maximum Gasteiger partial charge on any atom is 0.256 e. The van der Waals surface area contributed by atoms with Gasteiger partial charge in [0.2, 0.25) is 0 Å². The highest BCUT2D eigenvalue weighted by molar-refractivity contribution is 6.43. The van der Waals surface area contributed by atoms with Gasteiger partial charge in [0.05, 0.1) is 30.1 Å². The third-order valence-corrected chi connectivity index (χ3v) is 8.84. The molecule has 7 nitrogen and oxygen atoms in total. The lowest BCUT2D eigenvalue weighted by atomic mass is 10.1. The van der Waals surface area contributed by atoms with E-state index < -0.39 is 17.7 Å². The highest BCUT2D eigenvalue weighted by Crippen LogP contribution is 2.29. The van der Waals surface area contributed by atoms with Gasteiger partial charge in [-0.2, -0.15) is 0 Å². The van der Waals surface area contributed by atoms with Gasteiger partial charge in [-0.15, -0.1) is 0 Å². The molecule has 0 saturated heterocycles. The van der Waals surface area contributed by atoms with Crippen molar-refractivity contribution < 1.29 is 19.1 Å². The maximum absolute atomic E-state index is 13.3. The topological polar surface area (TPSA) is 96.5 Å². The summed E-state index contributed by atoms with van der Waals surface area (Å²) >= 11 is 36.3. The third kappa shape index (κ3) is 8.90. The SMILES string of the molecule is O=C(Nc1ccc(Cl)c(Cl)c1)c1cc(OCc2ccccc2C(=O)Nc2ccc(Cl)c(Cl)c2)cc(C(=O)Nc2ccc(Cl)c(Cl)c2)c1. The van der Waals surface area contributed by atoms with Crippen molar-refractivity contribution >= 4 is 104 Å². The zero-order chi connectivity index (χ0) is 33.7. The van der Waals surface area contributed by atoms with E-state index in [1.54, 1.807) is 66.7 Å². The first-order valence-corrected chi connectivity index (χ1v) is 15.9. The maximum atomic E-state index is 13.3. The van der Waals surface area contributed by atoms with E-state index in [1.807, 2.05) is 0 Å². The normalized spacial score (nSPS) is 10.7. The number of halogens is 6. The van der Waals surface area contributed by atoms with Crippen LogP contribution in [0.3, 0.4) is 0 Å². The molecule has 0 atom stereocenters. The minimum atomic E-state index is -0.543. The molecule has 0 aliphatic carbocycles. The second kappa shape index (κ2) is 15.3. The molecule has 0 aliphatic rings. The number of carbonyl (C=O) groups is 3. The van der Waals surface area contributed by atoms with Crippen LogP contribution in [-0.4, -0.2) is 17.7 Å². The molecule has 0 fully saturated rings. The van der Waals surface area contributed by atoms with Gasteiger partial charge < -0.3 is 20.7 Å². The summed E-state index contributed by atoms with van der Waals surface area (Å²) in [6, 6.07) is 25.2. The molecule has 13 heteroatoms. The van der Waals surface area contributed by atoms with Crippen molar-refractivity contribution in [2.24, 2.45) is 0 Å². The second-order valence-electron chi connectivity index (χ2n) is 9.94. The molecule has 3 amide bonds. The van der Waals surface area contributed by atoms with Crippen molar-refractivity contribution in [3.8, 4) is 5.75 Å². The molecule has 0 radical (unpaired) electrons. The molecule has 47 heavy (non-hydrogen) atoms. The molecule has 0 heterocycles. The largest absolute Gasteiger partial charge is 0.489 e. The van der Waals surface area contributed by atoms with Crippen molar-refractivity contribution in [2.75, 3.05) is 16.0 Å². The van der Waals surface area contributed by atoms with E-state index in [0.29, 0.717) is 48.3 Å². The van der Waals surface area contributed by atoms with Crippen LogP contribution in [-0.2, 0) is 6.61 Å². The molecule has 3 N–H and O–H groups in total. The van der Waals surface area contributed by atoms with Gasteiger partial charge in [-0.05, 0) is 78.9 Å². The fraction of sp³-hybridized carbons (Fsp3) is 0.0294. The van der Waals surface area contributed by atoms with E-state index in [0.717, 1.165) is 0 Å². The first-order chi connectivity index (χ1) is 22.5. The molecule has 0 aromatic heterocycles. The van der Waals surface area contributed by atoms with Crippen LogP contribution in [0.2, 0.25) is 30.1 Å². The van der Waals surface area contributed by atoms with Gasteiger partial charge in [-0.25, -0.2) is 0 Å². The van der Waals surface area contributed by atoms with Crippen LogP contribution in [0.4, 0.5) is 17.1 Å². The van der Waals surface area contributed by atoms with Crippen molar-refractivity contribution in [3.63, 3.8) is 0 Å². The average Bonchev–Trinajstić information content (AvgIpc) is 3.05. The summed E-state index contributed by atoms with van der Waals surface area (Å²) < 4.78 is 6.06. The van der Waals surface area contributed by atoms with Crippen LogP contribution < -0.4 is 20.7 Å². The lowest BCUT2D eigenvalue weighted by Crippen LogP contribution is -2.17. The van der Waals surface area contributed by atoms with Crippen molar-refractivity contribution in [1.29, 1.82) is 0 Å². The van der Waals surface area contributed by atoms with Gasteiger partial charge in [-0.1, -0.05) is 87.8 Å². The first kappa shape index (κ1) is 34.4. The van der Waals surface area contributed by atoms with E-state index in [9.17, 15) is 14.4 Å². The number of rotatable bonds is 9. The van der Waals surface area contributed by atoms with E-state index in [1.165, 1.54) is 30.3 Å². The lowest BCUT2D eigenvalue weighted by Gasteiger charge is -2.14. The molecular weight excluding hydrogens is 727 g/mol. The second-order valence-corrected chi connectivity index (χ2v) is 12.4. The van der Waals surface area contributed by atoms with E-state index in [2.05, 4.69) is 16.0 Å². The van der Waals surface area contributed by atoms with Crippen molar-refractivity contribution in [2.45, 2.75) is 6.61 Å². The molecule has 0 aliphatic heterocycles. The summed E-state index contributed by atoms with van der Waals surface area (Å²) in [5.41, 5.74) is 2.33.